The Morgan fingerprint density at radius 2 is 1.76 bits per heavy atom. The molecule has 3 aromatic rings. The van der Waals surface area contributed by atoms with Crippen LogP contribution in [0.3, 0.4) is 0 Å². The average Bonchev–Trinajstić information content (AvgIpc) is 2.88. The Balaban J connectivity index is 1.80. The molecule has 0 atom stereocenters. The lowest BCUT2D eigenvalue weighted by Crippen LogP contribution is -2.03. The molecule has 0 saturated carbocycles. The van der Waals surface area contributed by atoms with Crippen molar-refractivity contribution in [3.63, 3.8) is 0 Å². The van der Waals surface area contributed by atoms with Gasteiger partial charge in [-0.2, -0.15) is 5.10 Å². The van der Waals surface area contributed by atoms with Crippen LogP contribution in [-0.4, -0.2) is 15.6 Å². The second-order valence-corrected chi connectivity index (χ2v) is 5.93. The summed E-state index contributed by atoms with van der Waals surface area (Å²) in [7, 11) is 0. The van der Waals surface area contributed by atoms with E-state index in [9.17, 15) is 9.18 Å². The van der Waals surface area contributed by atoms with Crippen molar-refractivity contribution in [2.45, 2.75) is 20.4 Å². The molecule has 0 unspecified atom stereocenters. The second kappa shape index (κ2) is 7.26. The fourth-order valence-electron chi connectivity index (χ4n) is 2.73. The normalized spacial score (nSPS) is 11.2. The molecule has 1 heterocycles. The molecule has 0 spiro atoms. The van der Waals surface area contributed by atoms with Crippen LogP contribution in [0, 0.1) is 19.7 Å². The van der Waals surface area contributed by atoms with E-state index in [1.54, 1.807) is 6.08 Å². The van der Waals surface area contributed by atoms with Crippen molar-refractivity contribution in [2.75, 3.05) is 0 Å². The predicted molar refractivity (Wildman–Crippen MR) is 97.0 cm³/mol. The van der Waals surface area contributed by atoms with Gasteiger partial charge in [-0.05, 0) is 55.8 Å². The first kappa shape index (κ1) is 16.8. The lowest BCUT2D eigenvalue weighted by Gasteiger charge is -2.04. The number of allylic oxidation sites excluding steroid dienone is 1. The van der Waals surface area contributed by atoms with Crippen molar-refractivity contribution in [2.24, 2.45) is 0 Å². The Kier molecular flexibility index (Phi) is 4.89. The standard InChI is InChI=1S/C21H19FN2O/c1-15-20(12-13-21(25)18-8-10-19(22)11-9-18)16(2)24(23-15)14-17-6-4-3-5-7-17/h3-13H,14H2,1-2H3/b13-12+. The van der Waals surface area contributed by atoms with Gasteiger partial charge in [-0.25, -0.2) is 4.39 Å². The maximum Gasteiger partial charge on any atom is 0.185 e. The molecule has 0 N–H and O–H groups in total. The van der Waals surface area contributed by atoms with Crippen LogP contribution in [-0.2, 0) is 6.54 Å². The predicted octanol–water partition coefficient (Wildman–Crippen LogP) is 4.58. The third-order valence-electron chi connectivity index (χ3n) is 4.14. The third kappa shape index (κ3) is 3.91. The zero-order valence-corrected chi connectivity index (χ0v) is 14.2. The van der Waals surface area contributed by atoms with Gasteiger partial charge in [0.15, 0.2) is 5.78 Å². The fourth-order valence-corrected chi connectivity index (χ4v) is 2.73. The third-order valence-corrected chi connectivity index (χ3v) is 4.14. The number of aromatic nitrogens is 2. The summed E-state index contributed by atoms with van der Waals surface area (Å²) >= 11 is 0. The minimum Gasteiger partial charge on any atom is -0.289 e. The van der Waals surface area contributed by atoms with Crippen LogP contribution in [0.5, 0.6) is 0 Å². The number of ketones is 1. The van der Waals surface area contributed by atoms with Gasteiger partial charge in [0.05, 0.1) is 12.2 Å². The summed E-state index contributed by atoms with van der Waals surface area (Å²) in [5.41, 5.74) is 4.45. The van der Waals surface area contributed by atoms with Gasteiger partial charge < -0.3 is 0 Å². The molecule has 0 fully saturated rings. The molecule has 0 amide bonds. The van der Waals surface area contributed by atoms with Crippen LogP contribution in [0.2, 0.25) is 0 Å². The van der Waals surface area contributed by atoms with E-state index in [4.69, 9.17) is 0 Å². The molecule has 4 heteroatoms. The van der Waals surface area contributed by atoms with Crippen molar-refractivity contribution in [3.05, 3.63) is 94.6 Å². The van der Waals surface area contributed by atoms with Crippen molar-refractivity contribution in [3.8, 4) is 0 Å². The monoisotopic (exact) mass is 334 g/mol. The zero-order valence-electron chi connectivity index (χ0n) is 14.2. The van der Waals surface area contributed by atoms with Gasteiger partial charge in [-0.3, -0.25) is 9.48 Å². The molecule has 3 rings (SSSR count). The SMILES string of the molecule is Cc1nn(Cc2ccccc2)c(C)c1/C=C/C(=O)c1ccc(F)cc1. The van der Waals surface area contributed by atoms with E-state index >= 15 is 0 Å². The van der Waals surface area contributed by atoms with Crippen LogP contribution >= 0.6 is 0 Å². The first-order valence-electron chi connectivity index (χ1n) is 8.10. The number of carbonyl (C=O) groups is 1. The van der Waals surface area contributed by atoms with Gasteiger partial charge in [0.2, 0.25) is 0 Å². The minimum atomic E-state index is -0.352. The minimum absolute atomic E-state index is 0.158. The van der Waals surface area contributed by atoms with E-state index in [1.165, 1.54) is 35.9 Å². The topological polar surface area (TPSA) is 34.9 Å². The summed E-state index contributed by atoms with van der Waals surface area (Å²) in [6.45, 7) is 4.61. The number of aryl methyl sites for hydroxylation is 1. The molecule has 0 aliphatic carbocycles. The van der Waals surface area contributed by atoms with Gasteiger partial charge in [-0.15, -0.1) is 0 Å². The van der Waals surface area contributed by atoms with Crippen molar-refractivity contribution >= 4 is 11.9 Å². The number of hydrogen-bond donors (Lipinski definition) is 0. The molecule has 0 saturated heterocycles. The summed E-state index contributed by atoms with van der Waals surface area (Å²) < 4.78 is 14.9. The van der Waals surface area contributed by atoms with E-state index in [0.29, 0.717) is 12.1 Å². The van der Waals surface area contributed by atoms with Gasteiger partial charge in [0, 0.05) is 16.8 Å². The molecule has 126 valence electrons. The summed E-state index contributed by atoms with van der Waals surface area (Å²) in [5.74, 6) is -0.510. The Hall–Kier alpha value is -3.01. The number of rotatable bonds is 5. The molecule has 25 heavy (non-hydrogen) atoms. The fraction of sp³-hybridized carbons (Fsp3) is 0.143. The highest BCUT2D eigenvalue weighted by molar-refractivity contribution is 6.06. The molecular formula is C21H19FN2O. The lowest BCUT2D eigenvalue weighted by molar-refractivity contribution is 0.104. The molecule has 3 nitrogen and oxygen atoms in total. The number of carbonyl (C=O) groups excluding carboxylic acids is 1. The first-order valence-corrected chi connectivity index (χ1v) is 8.10. The number of halogens is 1. The van der Waals surface area contributed by atoms with E-state index in [0.717, 1.165) is 17.0 Å². The Morgan fingerprint density at radius 3 is 2.44 bits per heavy atom. The van der Waals surface area contributed by atoms with E-state index in [2.05, 4.69) is 17.2 Å². The first-order chi connectivity index (χ1) is 12.0. The number of hydrogen-bond acceptors (Lipinski definition) is 2. The molecule has 2 aromatic carbocycles. The smallest absolute Gasteiger partial charge is 0.185 e. The summed E-state index contributed by atoms with van der Waals surface area (Å²) in [6, 6.07) is 15.7. The zero-order chi connectivity index (χ0) is 17.8. The number of benzene rings is 2. The Labute approximate surface area is 146 Å². The summed E-state index contributed by atoms with van der Waals surface area (Å²) in [6.07, 6.45) is 3.29. The molecule has 0 bridgehead atoms. The van der Waals surface area contributed by atoms with Crippen molar-refractivity contribution < 1.29 is 9.18 Å². The highest BCUT2D eigenvalue weighted by Gasteiger charge is 2.10. The van der Waals surface area contributed by atoms with Crippen LogP contribution < -0.4 is 0 Å². The largest absolute Gasteiger partial charge is 0.289 e. The van der Waals surface area contributed by atoms with E-state index in [1.807, 2.05) is 36.7 Å². The maximum atomic E-state index is 12.9. The van der Waals surface area contributed by atoms with Crippen LogP contribution in [0.4, 0.5) is 4.39 Å². The average molecular weight is 334 g/mol. The molecule has 0 aliphatic rings. The van der Waals surface area contributed by atoms with Gasteiger partial charge in [0.25, 0.3) is 0 Å². The van der Waals surface area contributed by atoms with Gasteiger partial charge in [0.1, 0.15) is 5.82 Å². The van der Waals surface area contributed by atoms with Crippen LogP contribution in [0.25, 0.3) is 6.08 Å². The van der Waals surface area contributed by atoms with Gasteiger partial charge in [-0.1, -0.05) is 30.3 Å². The Morgan fingerprint density at radius 1 is 1.08 bits per heavy atom. The molecule has 1 aromatic heterocycles. The molecular weight excluding hydrogens is 315 g/mol. The maximum absolute atomic E-state index is 12.9. The van der Waals surface area contributed by atoms with Crippen molar-refractivity contribution in [1.29, 1.82) is 0 Å². The van der Waals surface area contributed by atoms with Crippen LogP contribution in [0.1, 0.15) is 32.9 Å². The highest BCUT2D eigenvalue weighted by Crippen LogP contribution is 2.17. The molecule has 0 aliphatic heterocycles. The molecule has 0 radical (unpaired) electrons. The van der Waals surface area contributed by atoms with Crippen molar-refractivity contribution in [1.82, 2.24) is 9.78 Å². The van der Waals surface area contributed by atoms with Crippen LogP contribution in [0.15, 0.2) is 60.7 Å². The highest BCUT2D eigenvalue weighted by atomic mass is 19.1. The quantitative estimate of drug-likeness (QED) is 0.505. The van der Waals surface area contributed by atoms with E-state index in [-0.39, 0.29) is 11.6 Å². The van der Waals surface area contributed by atoms with Gasteiger partial charge >= 0.3 is 0 Å². The summed E-state index contributed by atoms with van der Waals surface area (Å²) in [4.78, 5) is 12.2. The number of nitrogens with zero attached hydrogens (tertiary/aromatic N) is 2. The Bertz CT molecular complexity index is 909. The van der Waals surface area contributed by atoms with E-state index < -0.39 is 0 Å². The summed E-state index contributed by atoms with van der Waals surface area (Å²) in [5, 5.41) is 4.57. The second-order valence-electron chi connectivity index (χ2n) is 5.93. The lowest BCUT2D eigenvalue weighted by atomic mass is 10.1.